The molecule has 4 nitrogen and oxygen atoms in total. The third-order valence-corrected chi connectivity index (χ3v) is 3.84. The van der Waals surface area contributed by atoms with E-state index in [1.54, 1.807) is 6.92 Å². The third kappa shape index (κ3) is 3.76. The minimum atomic E-state index is -0.519. The van der Waals surface area contributed by atoms with Gasteiger partial charge in [-0.2, -0.15) is 0 Å². The molecule has 21 heavy (non-hydrogen) atoms. The van der Waals surface area contributed by atoms with Crippen LogP contribution in [-0.4, -0.2) is 25.2 Å². The molecule has 1 aliphatic carbocycles. The summed E-state index contributed by atoms with van der Waals surface area (Å²) in [6, 6.07) is 6.58. The van der Waals surface area contributed by atoms with Gasteiger partial charge in [-0.05, 0) is 56.0 Å². The minimum absolute atomic E-state index is 0.286. The number of esters is 1. The Hall–Kier alpha value is -1.55. The summed E-state index contributed by atoms with van der Waals surface area (Å²) in [6.45, 7) is 7.22. The van der Waals surface area contributed by atoms with E-state index in [-0.39, 0.29) is 5.97 Å². The Kier molecular flexibility index (Phi) is 5.62. The van der Waals surface area contributed by atoms with Crippen LogP contribution >= 0.6 is 0 Å². The number of nitrogens with one attached hydrogen (secondary N) is 1. The van der Waals surface area contributed by atoms with Gasteiger partial charge in [0, 0.05) is 6.04 Å². The van der Waals surface area contributed by atoms with Crippen LogP contribution in [0.25, 0.3) is 0 Å². The van der Waals surface area contributed by atoms with Crippen LogP contribution in [0.5, 0.6) is 5.75 Å². The average Bonchev–Trinajstić information content (AvgIpc) is 2.88. The molecule has 1 aromatic rings. The van der Waals surface area contributed by atoms with Crippen molar-refractivity contribution in [3.63, 3.8) is 0 Å². The Morgan fingerprint density at radius 2 is 2.19 bits per heavy atom. The monoisotopic (exact) mass is 291 g/mol. The first-order valence-corrected chi connectivity index (χ1v) is 7.89. The molecule has 1 N–H and O–H groups in total. The van der Waals surface area contributed by atoms with E-state index in [1.165, 1.54) is 11.1 Å². The Bertz CT molecular complexity index is 487. The summed E-state index contributed by atoms with van der Waals surface area (Å²) in [4.78, 5) is 11.8. The highest BCUT2D eigenvalue weighted by Gasteiger charge is 2.24. The number of hydrogen-bond acceptors (Lipinski definition) is 4. The lowest BCUT2D eigenvalue weighted by molar-refractivity contribution is -0.151. The van der Waals surface area contributed by atoms with Gasteiger partial charge in [-0.3, -0.25) is 0 Å². The van der Waals surface area contributed by atoms with E-state index in [0.717, 1.165) is 25.1 Å². The van der Waals surface area contributed by atoms with E-state index >= 15 is 0 Å². The van der Waals surface area contributed by atoms with Crippen LogP contribution in [0.2, 0.25) is 0 Å². The lowest BCUT2D eigenvalue weighted by atomic mass is 10.1. The Balaban J connectivity index is 2.07. The molecule has 0 fully saturated rings. The van der Waals surface area contributed by atoms with Gasteiger partial charge in [0.05, 0.1) is 6.61 Å². The molecule has 0 spiro atoms. The lowest BCUT2D eigenvalue weighted by Gasteiger charge is -2.17. The molecule has 0 radical (unpaired) electrons. The second-order valence-corrected chi connectivity index (χ2v) is 5.28. The predicted molar refractivity (Wildman–Crippen MR) is 82.5 cm³/mol. The summed E-state index contributed by atoms with van der Waals surface area (Å²) in [7, 11) is 0. The van der Waals surface area contributed by atoms with Crippen LogP contribution in [0.4, 0.5) is 0 Å². The zero-order chi connectivity index (χ0) is 15.2. The molecule has 0 aromatic heterocycles. The van der Waals surface area contributed by atoms with Crippen LogP contribution in [0.3, 0.4) is 0 Å². The van der Waals surface area contributed by atoms with Crippen molar-refractivity contribution in [3.05, 3.63) is 29.3 Å². The highest BCUT2D eigenvalue weighted by Crippen LogP contribution is 2.33. The van der Waals surface area contributed by atoms with Gasteiger partial charge in [-0.15, -0.1) is 0 Å². The molecule has 116 valence electrons. The topological polar surface area (TPSA) is 47.6 Å². The SMILES string of the molecule is CCNC1CCc2cc(OC(CC)C(=O)OCC)ccc21. The first-order valence-electron chi connectivity index (χ1n) is 7.89. The van der Waals surface area contributed by atoms with Crippen molar-refractivity contribution in [2.45, 2.75) is 52.2 Å². The number of ether oxygens (including phenoxy) is 2. The maximum atomic E-state index is 11.8. The van der Waals surface area contributed by atoms with Gasteiger partial charge < -0.3 is 14.8 Å². The standard InChI is InChI=1S/C17H25NO3/c1-4-16(17(19)20-6-3)21-13-8-9-14-12(11-13)7-10-15(14)18-5-2/h8-9,11,15-16,18H,4-7,10H2,1-3H3. The number of carbonyl (C=O) groups is 1. The van der Waals surface area contributed by atoms with Crippen LogP contribution in [0.1, 0.15) is 50.8 Å². The van der Waals surface area contributed by atoms with Crippen molar-refractivity contribution in [2.75, 3.05) is 13.2 Å². The lowest BCUT2D eigenvalue weighted by Crippen LogP contribution is -2.28. The number of carbonyl (C=O) groups excluding carboxylic acids is 1. The number of rotatable bonds is 7. The smallest absolute Gasteiger partial charge is 0.347 e. The summed E-state index contributed by atoms with van der Waals surface area (Å²) in [5, 5.41) is 3.49. The zero-order valence-electron chi connectivity index (χ0n) is 13.1. The molecule has 4 heteroatoms. The van der Waals surface area contributed by atoms with Gasteiger partial charge in [0.15, 0.2) is 6.10 Å². The summed E-state index contributed by atoms with van der Waals surface area (Å²) >= 11 is 0. The predicted octanol–water partition coefficient (Wildman–Crippen LogP) is 3.00. The van der Waals surface area contributed by atoms with Crippen LogP contribution in [-0.2, 0) is 16.0 Å². The van der Waals surface area contributed by atoms with E-state index in [2.05, 4.69) is 24.4 Å². The van der Waals surface area contributed by atoms with Gasteiger partial charge >= 0.3 is 5.97 Å². The van der Waals surface area contributed by atoms with Crippen molar-refractivity contribution < 1.29 is 14.3 Å². The van der Waals surface area contributed by atoms with Crippen LogP contribution in [0, 0.1) is 0 Å². The molecule has 0 saturated carbocycles. The number of hydrogen-bond donors (Lipinski definition) is 1. The maximum absolute atomic E-state index is 11.8. The Morgan fingerprint density at radius 1 is 1.38 bits per heavy atom. The zero-order valence-corrected chi connectivity index (χ0v) is 13.1. The van der Waals surface area contributed by atoms with Gasteiger partial charge in [-0.25, -0.2) is 4.79 Å². The first kappa shape index (κ1) is 15.8. The van der Waals surface area contributed by atoms with Crippen molar-refractivity contribution in [1.29, 1.82) is 0 Å². The van der Waals surface area contributed by atoms with Crippen molar-refractivity contribution >= 4 is 5.97 Å². The van der Waals surface area contributed by atoms with Crippen LogP contribution in [0.15, 0.2) is 18.2 Å². The fraction of sp³-hybridized carbons (Fsp3) is 0.588. The van der Waals surface area contributed by atoms with Gasteiger partial charge in [0.2, 0.25) is 0 Å². The summed E-state index contributed by atoms with van der Waals surface area (Å²) < 4.78 is 10.8. The summed E-state index contributed by atoms with van der Waals surface area (Å²) in [5.74, 6) is 0.469. The Labute approximate surface area is 126 Å². The highest BCUT2D eigenvalue weighted by atomic mass is 16.6. The molecule has 0 aliphatic heterocycles. The number of benzene rings is 1. The highest BCUT2D eigenvalue weighted by molar-refractivity contribution is 5.75. The largest absolute Gasteiger partial charge is 0.479 e. The molecule has 0 saturated heterocycles. The molecule has 0 bridgehead atoms. The van der Waals surface area contributed by atoms with E-state index in [0.29, 0.717) is 19.1 Å². The first-order chi connectivity index (χ1) is 10.2. The average molecular weight is 291 g/mol. The van der Waals surface area contributed by atoms with E-state index in [1.807, 2.05) is 13.0 Å². The molecular formula is C17H25NO3. The van der Waals surface area contributed by atoms with Gasteiger partial charge in [-0.1, -0.05) is 19.9 Å². The van der Waals surface area contributed by atoms with E-state index in [9.17, 15) is 4.79 Å². The van der Waals surface area contributed by atoms with E-state index < -0.39 is 6.10 Å². The minimum Gasteiger partial charge on any atom is -0.479 e. The second kappa shape index (κ2) is 7.46. The number of aryl methyl sites for hydroxylation is 1. The third-order valence-electron chi connectivity index (χ3n) is 3.84. The Morgan fingerprint density at radius 3 is 2.86 bits per heavy atom. The molecule has 1 aliphatic rings. The molecule has 2 atom stereocenters. The normalized spacial score (nSPS) is 18.1. The van der Waals surface area contributed by atoms with Crippen LogP contribution < -0.4 is 10.1 Å². The van der Waals surface area contributed by atoms with E-state index in [4.69, 9.17) is 9.47 Å². The fourth-order valence-corrected chi connectivity index (χ4v) is 2.82. The molecule has 0 amide bonds. The molecular weight excluding hydrogens is 266 g/mol. The fourth-order valence-electron chi connectivity index (χ4n) is 2.82. The van der Waals surface area contributed by atoms with Crippen molar-refractivity contribution in [3.8, 4) is 5.75 Å². The number of fused-ring (bicyclic) bond motifs is 1. The maximum Gasteiger partial charge on any atom is 0.347 e. The molecule has 1 aromatic carbocycles. The second-order valence-electron chi connectivity index (χ2n) is 5.28. The van der Waals surface area contributed by atoms with Crippen molar-refractivity contribution in [2.24, 2.45) is 0 Å². The van der Waals surface area contributed by atoms with Gasteiger partial charge in [0.1, 0.15) is 5.75 Å². The molecule has 2 unspecified atom stereocenters. The summed E-state index contributed by atoms with van der Waals surface area (Å²) in [5.41, 5.74) is 2.67. The van der Waals surface area contributed by atoms with Gasteiger partial charge in [0.25, 0.3) is 0 Å². The quantitative estimate of drug-likeness (QED) is 0.785. The molecule has 2 rings (SSSR count). The van der Waals surface area contributed by atoms with Crippen molar-refractivity contribution in [1.82, 2.24) is 5.32 Å². The summed E-state index contributed by atoms with van der Waals surface area (Å²) in [6.07, 6.45) is 2.27. The molecule has 0 heterocycles.